The maximum Gasteiger partial charge on any atom is 0.219 e. The standard InChI is InChI=1S/C6H11NO2.C6H15N/c1-6(8)7-2-4-9-5-3-7;1-4-6-7(3)5-2/h2-5H2,1H3;4-6H2,1-3H3. The van der Waals surface area contributed by atoms with E-state index >= 15 is 0 Å². The lowest BCUT2D eigenvalue weighted by Gasteiger charge is -2.25. The molecule has 1 fully saturated rings. The van der Waals surface area contributed by atoms with E-state index < -0.39 is 0 Å². The van der Waals surface area contributed by atoms with Crippen LogP contribution in [0.25, 0.3) is 0 Å². The van der Waals surface area contributed by atoms with Crippen LogP contribution in [0.5, 0.6) is 0 Å². The third kappa shape index (κ3) is 7.65. The molecule has 1 rings (SSSR count). The van der Waals surface area contributed by atoms with Crippen LogP contribution in [0.15, 0.2) is 0 Å². The van der Waals surface area contributed by atoms with Gasteiger partial charge in [-0.1, -0.05) is 13.8 Å². The number of amides is 1. The van der Waals surface area contributed by atoms with E-state index in [2.05, 4.69) is 25.8 Å². The van der Waals surface area contributed by atoms with E-state index in [1.165, 1.54) is 19.5 Å². The molecule has 0 bridgehead atoms. The molecule has 0 N–H and O–H groups in total. The Morgan fingerprint density at radius 3 is 2.12 bits per heavy atom. The number of hydrogen-bond acceptors (Lipinski definition) is 3. The number of carbonyl (C=O) groups is 1. The fourth-order valence-corrected chi connectivity index (χ4v) is 1.42. The Bertz CT molecular complexity index is 180. The van der Waals surface area contributed by atoms with Gasteiger partial charge in [0.25, 0.3) is 0 Å². The highest BCUT2D eigenvalue weighted by molar-refractivity contribution is 5.73. The summed E-state index contributed by atoms with van der Waals surface area (Å²) < 4.78 is 5.06. The molecular weight excluding hydrogens is 204 g/mol. The number of ether oxygens (including phenoxy) is 1. The molecule has 0 aromatic rings. The van der Waals surface area contributed by atoms with Gasteiger partial charge in [-0.25, -0.2) is 0 Å². The minimum Gasteiger partial charge on any atom is -0.378 e. The van der Waals surface area contributed by atoms with Crippen LogP contribution in [0.3, 0.4) is 0 Å². The smallest absolute Gasteiger partial charge is 0.219 e. The quantitative estimate of drug-likeness (QED) is 0.730. The molecule has 1 amide bonds. The zero-order valence-electron chi connectivity index (χ0n) is 11.2. The predicted octanol–water partition coefficient (Wildman–Crippen LogP) is 1.21. The van der Waals surface area contributed by atoms with Gasteiger partial charge < -0.3 is 14.5 Å². The highest BCUT2D eigenvalue weighted by atomic mass is 16.5. The maximum absolute atomic E-state index is 10.7. The van der Waals surface area contributed by atoms with Crippen molar-refractivity contribution in [1.82, 2.24) is 9.80 Å². The van der Waals surface area contributed by atoms with Crippen LogP contribution in [0.2, 0.25) is 0 Å². The molecule has 96 valence electrons. The molecule has 0 aromatic carbocycles. The van der Waals surface area contributed by atoms with Crippen molar-refractivity contribution in [2.45, 2.75) is 27.2 Å². The summed E-state index contributed by atoms with van der Waals surface area (Å²) in [7, 11) is 2.14. The summed E-state index contributed by atoms with van der Waals surface area (Å²) in [4.78, 5) is 14.8. The molecule has 0 aliphatic carbocycles. The van der Waals surface area contributed by atoms with E-state index in [-0.39, 0.29) is 5.91 Å². The van der Waals surface area contributed by atoms with Gasteiger partial charge in [-0.05, 0) is 26.6 Å². The number of nitrogens with zero attached hydrogens (tertiary/aromatic N) is 2. The van der Waals surface area contributed by atoms with Crippen LogP contribution in [0, 0.1) is 0 Å². The molecule has 1 heterocycles. The fraction of sp³-hybridized carbons (Fsp3) is 0.917. The molecule has 1 aliphatic heterocycles. The van der Waals surface area contributed by atoms with E-state index in [0.29, 0.717) is 13.2 Å². The first-order valence-corrected chi connectivity index (χ1v) is 6.13. The van der Waals surface area contributed by atoms with Crippen molar-refractivity contribution in [2.24, 2.45) is 0 Å². The number of carbonyl (C=O) groups excluding carboxylic acids is 1. The topological polar surface area (TPSA) is 32.8 Å². The SMILES string of the molecule is CC(=O)N1CCOCC1.CCCN(C)CC. The van der Waals surface area contributed by atoms with E-state index in [9.17, 15) is 4.79 Å². The minimum absolute atomic E-state index is 0.151. The highest BCUT2D eigenvalue weighted by Crippen LogP contribution is 1.95. The van der Waals surface area contributed by atoms with Gasteiger partial charge in [0.05, 0.1) is 13.2 Å². The Morgan fingerprint density at radius 2 is 1.88 bits per heavy atom. The third-order valence-electron chi connectivity index (χ3n) is 2.60. The first-order valence-electron chi connectivity index (χ1n) is 6.13. The highest BCUT2D eigenvalue weighted by Gasteiger charge is 2.11. The Morgan fingerprint density at radius 1 is 1.31 bits per heavy atom. The van der Waals surface area contributed by atoms with Gasteiger partial charge in [0.1, 0.15) is 0 Å². The van der Waals surface area contributed by atoms with Crippen LogP contribution in [-0.2, 0) is 9.53 Å². The molecule has 0 saturated carbocycles. The van der Waals surface area contributed by atoms with Crippen LogP contribution >= 0.6 is 0 Å². The maximum atomic E-state index is 10.7. The van der Waals surface area contributed by atoms with Crippen molar-refractivity contribution < 1.29 is 9.53 Å². The van der Waals surface area contributed by atoms with Gasteiger partial charge in [0, 0.05) is 20.0 Å². The molecule has 4 nitrogen and oxygen atoms in total. The Hall–Kier alpha value is -0.610. The molecule has 0 atom stereocenters. The lowest BCUT2D eigenvalue weighted by Crippen LogP contribution is -2.39. The largest absolute Gasteiger partial charge is 0.378 e. The first-order chi connectivity index (χ1) is 7.61. The monoisotopic (exact) mass is 230 g/mol. The Labute approximate surface area is 99.5 Å². The summed E-state index contributed by atoms with van der Waals surface area (Å²) >= 11 is 0. The molecule has 1 saturated heterocycles. The summed E-state index contributed by atoms with van der Waals surface area (Å²) in [5, 5.41) is 0. The number of hydrogen-bond donors (Lipinski definition) is 0. The van der Waals surface area contributed by atoms with Gasteiger partial charge in [0.15, 0.2) is 0 Å². The molecule has 0 unspecified atom stereocenters. The second-order valence-corrected chi connectivity index (χ2v) is 4.01. The fourth-order valence-electron chi connectivity index (χ4n) is 1.42. The average Bonchev–Trinajstić information content (AvgIpc) is 2.31. The van der Waals surface area contributed by atoms with Crippen molar-refractivity contribution in [1.29, 1.82) is 0 Å². The van der Waals surface area contributed by atoms with Crippen molar-refractivity contribution in [3.8, 4) is 0 Å². The summed E-state index contributed by atoms with van der Waals surface area (Å²) in [6.45, 7) is 11.3. The molecule has 0 spiro atoms. The molecule has 16 heavy (non-hydrogen) atoms. The lowest BCUT2D eigenvalue weighted by atomic mass is 10.4. The molecular formula is C12H26N2O2. The third-order valence-corrected chi connectivity index (χ3v) is 2.60. The predicted molar refractivity (Wildman–Crippen MR) is 66.5 cm³/mol. The Balaban J connectivity index is 0.000000293. The zero-order chi connectivity index (χ0) is 12.4. The molecule has 4 heteroatoms. The number of morpholine rings is 1. The normalized spacial score (nSPS) is 15.7. The second-order valence-electron chi connectivity index (χ2n) is 4.01. The summed E-state index contributed by atoms with van der Waals surface area (Å²) in [6, 6.07) is 0. The second kappa shape index (κ2) is 9.60. The van der Waals surface area contributed by atoms with Crippen LogP contribution in [0.1, 0.15) is 27.2 Å². The zero-order valence-corrected chi connectivity index (χ0v) is 11.2. The van der Waals surface area contributed by atoms with Crippen molar-refractivity contribution in [2.75, 3.05) is 46.4 Å². The van der Waals surface area contributed by atoms with Crippen LogP contribution in [0.4, 0.5) is 0 Å². The minimum atomic E-state index is 0.151. The van der Waals surface area contributed by atoms with E-state index in [4.69, 9.17) is 4.74 Å². The van der Waals surface area contributed by atoms with Gasteiger partial charge in [-0.3, -0.25) is 4.79 Å². The van der Waals surface area contributed by atoms with Gasteiger partial charge in [0.2, 0.25) is 5.91 Å². The summed E-state index contributed by atoms with van der Waals surface area (Å²) in [6.07, 6.45) is 1.27. The molecule has 0 aromatic heterocycles. The molecule has 0 radical (unpaired) electrons. The van der Waals surface area contributed by atoms with Crippen molar-refractivity contribution in [3.63, 3.8) is 0 Å². The Kier molecular flexibility index (Phi) is 9.24. The van der Waals surface area contributed by atoms with Crippen molar-refractivity contribution in [3.05, 3.63) is 0 Å². The average molecular weight is 230 g/mol. The van der Waals surface area contributed by atoms with Crippen LogP contribution < -0.4 is 0 Å². The van der Waals surface area contributed by atoms with E-state index in [1.54, 1.807) is 11.8 Å². The van der Waals surface area contributed by atoms with Crippen LogP contribution in [-0.4, -0.2) is 62.1 Å². The first kappa shape index (κ1) is 15.4. The van der Waals surface area contributed by atoms with E-state index in [0.717, 1.165) is 13.1 Å². The summed E-state index contributed by atoms with van der Waals surface area (Å²) in [5.41, 5.74) is 0. The van der Waals surface area contributed by atoms with Gasteiger partial charge in [-0.15, -0.1) is 0 Å². The number of rotatable bonds is 3. The van der Waals surface area contributed by atoms with Gasteiger partial charge in [-0.2, -0.15) is 0 Å². The van der Waals surface area contributed by atoms with E-state index in [1.807, 2.05) is 0 Å². The molecule has 1 aliphatic rings. The van der Waals surface area contributed by atoms with Crippen molar-refractivity contribution >= 4 is 5.91 Å². The lowest BCUT2D eigenvalue weighted by molar-refractivity contribution is -0.132. The summed E-state index contributed by atoms with van der Waals surface area (Å²) in [5.74, 6) is 0.151. The van der Waals surface area contributed by atoms with Gasteiger partial charge >= 0.3 is 0 Å².